The molecule has 2 aliphatic rings. The number of carboxylic acid groups (broad SMARTS) is 1. The minimum atomic E-state index is -5.10. The summed E-state index contributed by atoms with van der Waals surface area (Å²) in [5.41, 5.74) is 1.50. The van der Waals surface area contributed by atoms with E-state index in [1.807, 2.05) is 19.1 Å². The molecule has 0 aliphatic carbocycles. The van der Waals surface area contributed by atoms with Crippen LogP contribution in [0.4, 0.5) is 17.6 Å². The molecule has 5 rings (SSSR count). The summed E-state index contributed by atoms with van der Waals surface area (Å²) < 4.78 is 65.9. The number of carbonyl (C=O) groups is 2. The molecule has 13 heteroatoms. The number of amides is 1. The molecule has 2 atom stereocenters. The number of hydrogen-bond donors (Lipinski definition) is 2. The number of aromatic nitrogens is 2. The summed E-state index contributed by atoms with van der Waals surface area (Å²) in [5, 5.41) is 12.4. The lowest BCUT2D eigenvalue weighted by molar-refractivity contribution is -0.140. The normalized spacial score (nSPS) is 19.6. The number of methoxy groups -OCH3 is 1. The number of rotatable bonds is 7. The molecule has 0 spiro atoms. The Kier molecular flexibility index (Phi) is 12.0. The molecule has 2 bridgehead atoms. The number of carboxylic acids is 1. The lowest BCUT2D eigenvalue weighted by Crippen LogP contribution is -2.52. The molecule has 1 fully saturated rings. The quantitative estimate of drug-likeness (QED) is 0.264. The molecule has 0 radical (unpaired) electrons. The molecule has 2 aromatic carbocycles. The van der Waals surface area contributed by atoms with E-state index in [0.717, 1.165) is 61.5 Å². The molecule has 0 saturated carbocycles. The first-order valence-electron chi connectivity index (χ1n) is 17.5. The summed E-state index contributed by atoms with van der Waals surface area (Å²) in [6.07, 6.45) is 0.808. The molecular weight excluding hydrogens is 668 g/mol. The van der Waals surface area contributed by atoms with Crippen molar-refractivity contribution in [2.75, 3.05) is 26.7 Å². The SMILES string of the molecule is COC1CN(CCc2cn([C@H]3CCCCCCCc4cc(C)cc(C)c4-c4cc(c(F)c(C(F)(F)F)c4)[C@H](CC(=O)O)NC3=O)c(=O)nc2C)C1. The number of halogens is 4. The Labute approximate surface area is 295 Å². The van der Waals surface area contributed by atoms with E-state index >= 15 is 4.39 Å². The Hall–Kier alpha value is -4.10. The topological polar surface area (TPSA) is 114 Å². The van der Waals surface area contributed by atoms with Crippen molar-refractivity contribution < 1.29 is 37.0 Å². The number of aliphatic carboxylic acids is 1. The molecule has 3 aromatic rings. The van der Waals surface area contributed by atoms with Crippen LogP contribution in [0.3, 0.4) is 0 Å². The van der Waals surface area contributed by atoms with Crippen molar-refractivity contribution in [3.63, 3.8) is 0 Å². The van der Waals surface area contributed by atoms with Gasteiger partial charge in [-0.3, -0.25) is 19.1 Å². The number of nitrogens with one attached hydrogen (secondary N) is 1. The number of aryl methyl sites for hydroxylation is 4. The van der Waals surface area contributed by atoms with E-state index in [2.05, 4.69) is 15.2 Å². The predicted octanol–water partition coefficient (Wildman–Crippen LogP) is 6.64. The molecule has 3 heterocycles. The summed E-state index contributed by atoms with van der Waals surface area (Å²) in [6, 6.07) is 2.92. The largest absolute Gasteiger partial charge is 0.481 e. The molecular formula is C38H46F4N4O5. The van der Waals surface area contributed by atoms with E-state index < -0.39 is 59.2 Å². The number of hydrogen-bond acceptors (Lipinski definition) is 6. The summed E-state index contributed by atoms with van der Waals surface area (Å²) in [4.78, 5) is 46.0. The molecule has 0 unspecified atom stereocenters. The molecule has 51 heavy (non-hydrogen) atoms. The third kappa shape index (κ3) is 9.04. The third-order valence-electron chi connectivity index (χ3n) is 10.1. The summed E-state index contributed by atoms with van der Waals surface area (Å²) >= 11 is 0. The predicted molar refractivity (Wildman–Crippen MR) is 184 cm³/mol. The maximum absolute atomic E-state index is 16.0. The van der Waals surface area contributed by atoms with Crippen molar-refractivity contribution in [1.29, 1.82) is 0 Å². The van der Waals surface area contributed by atoms with E-state index in [4.69, 9.17) is 4.74 Å². The minimum absolute atomic E-state index is 0.0853. The fourth-order valence-corrected chi connectivity index (χ4v) is 7.37. The molecule has 1 aromatic heterocycles. The third-order valence-corrected chi connectivity index (χ3v) is 10.1. The lowest BCUT2D eigenvalue weighted by Gasteiger charge is -2.38. The van der Waals surface area contributed by atoms with Crippen LogP contribution in [0.15, 0.2) is 35.3 Å². The summed E-state index contributed by atoms with van der Waals surface area (Å²) in [7, 11) is 1.66. The zero-order chi connectivity index (χ0) is 37.0. The molecule has 2 aliphatic heterocycles. The van der Waals surface area contributed by atoms with Crippen molar-refractivity contribution in [2.24, 2.45) is 0 Å². The molecule has 9 nitrogen and oxygen atoms in total. The average molecular weight is 715 g/mol. The second kappa shape index (κ2) is 16.1. The zero-order valence-electron chi connectivity index (χ0n) is 29.5. The first-order valence-corrected chi connectivity index (χ1v) is 17.5. The van der Waals surface area contributed by atoms with Crippen molar-refractivity contribution in [1.82, 2.24) is 19.8 Å². The van der Waals surface area contributed by atoms with Gasteiger partial charge in [-0.25, -0.2) is 9.18 Å². The van der Waals surface area contributed by atoms with Gasteiger partial charge in [0.1, 0.15) is 11.9 Å². The van der Waals surface area contributed by atoms with Crippen molar-refractivity contribution in [2.45, 2.75) is 103 Å². The number of likely N-dealkylation sites (tertiary alicyclic amines) is 1. The second-order valence-corrected chi connectivity index (χ2v) is 13.9. The van der Waals surface area contributed by atoms with Crippen LogP contribution in [0.1, 0.15) is 96.1 Å². The smallest absolute Gasteiger partial charge is 0.419 e. The number of benzene rings is 2. The number of ether oxygens (including phenoxy) is 1. The first kappa shape index (κ1) is 38.1. The van der Waals surface area contributed by atoms with Gasteiger partial charge in [-0.05, 0) is 86.4 Å². The molecule has 1 amide bonds. The van der Waals surface area contributed by atoms with Gasteiger partial charge in [0.25, 0.3) is 0 Å². The standard InChI is InChI=1S/C38H46F4N4O5/c1-22-14-23(2)34-25(15-22)10-8-6-5-7-9-11-32(46-19-26(24(3)43-37(46)50)12-13-45-20-28(21-45)51-4)36(49)44-31(18-33(47)48)29-16-27(34)17-30(35(29)39)38(40,41)42/h14-17,19,28,31-32H,5-13,18,20-21H2,1-4H3,(H,44,49)(H,47,48)/t31-,32-/m0/s1. The average Bonchev–Trinajstić information content (AvgIpc) is 3.01. The molecule has 1 saturated heterocycles. The van der Waals surface area contributed by atoms with E-state index in [0.29, 0.717) is 42.6 Å². The second-order valence-electron chi connectivity index (χ2n) is 13.9. The van der Waals surface area contributed by atoms with Crippen LogP contribution in [0.25, 0.3) is 11.1 Å². The van der Waals surface area contributed by atoms with Crippen LogP contribution in [-0.2, 0) is 33.3 Å². The van der Waals surface area contributed by atoms with Crippen LogP contribution in [0.5, 0.6) is 0 Å². The fourth-order valence-electron chi connectivity index (χ4n) is 7.37. The number of nitrogens with zero attached hydrogens (tertiary/aromatic N) is 3. The van der Waals surface area contributed by atoms with E-state index in [1.165, 1.54) is 10.6 Å². The zero-order valence-corrected chi connectivity index (χ0v) is 29.5. The van der Waals surface area contributed by atoms with E-state index in [1.54, 1.807) is 27.2 Å². The van der Waals surface area contributed by atoms with Crippen LogP contribution in [0, 0.1) is 26.6 Å². The highest BCUT2D eigenvalue weighted by Crippen LogP contribution is 2.40. The van der Waals surface area contributed by atoms with Gasteiger partial charge in [-0.1, -0.05) is 43.4 Å². The van der Waals surface area contributed by atoms with Gasteiger partial charge in [0.2, 0.25) is 5.91 Å². The number of carbonyl (C=O) groups excluding carboxylic acids is 1. The molecule has 2 N–H and O–H groups in total. The van der Waals surface area contributed by atoms with Crippen LogP contribution >= 0.6 is 0 Å². The fraction of sp³-hybridized carbons (Fsp3) is 0.526. The maximum atomic E-state index is 16.0. The summed E-state index contributed by atoms with van der Waals surface area (Å²) in [5.74, 6) is -3.90. The van der Waals surface area contributed by atoms with Crippen LogP contribution in [-0.4, -0.2) is 64.3 Å². The Morgan fingerprint density at radius 1 is 1.04 bits per heavy atom. The van der Waals surface area contributed by atoms with Crippen molar-refractivity contribution in [3.8, 4) is 11.1 Å². The van der Waals surface area contributed by atoms with Gasteiger partial charge in [0.15, 0.2) is 0 Å². The Bertz CT molecular complexity index is 1820. The van der Waals surface area contributed by atoms with Gasteiger partial charge in [0, 0.05) is 44.2 Å². The van der Waals surface area contributed by atoms with Crippen LogP contribution in [0.2, 0.25) is 0 Å². The van der Waals surface area contributed by atoms with Gasteiger partial charge in [-0.2, -0.15) is 18.2 Å². The first-order chi connectivity index (χ1) is 24.2. The summed E-state index contributed by atoms with van der Waals surface area (Å²) in [6.45, 7) is 7.63. The van der Waals surface area contributed by atoms with Crippen molar-refractivity contribution >= 4 is 11.9 Å². The monoisotopic (exact) mass is 714 g/mol. The molecule has 276 valence electrons. The number of fused-ring (bicyclic) bond motifs is 4. The van der Waals surface area contributed by atoms with E-state index in [-0.39, 0.29) is 18.1 Å². The van der Waals surface area contributed by atoms with Crippen LogP contribution < -0.4 is 11.0 Å². The minimum Gasteiger partial charge on any atom is -0.481 e. The Morgan fingerprint density at radius 2 is 1.75 bits per heavy atom. The van der Waals surface area contributed by atoms with Gasteiger partial charge >= 0.3 is 17.8 Å². The highest BCUT2D eigenvalue weighted by atomic mass is 19.4. The van der Waals surface area contributed by atoms with Gasteiger partial charge in [-0.15, -0.1) is 0 Å². The van der Waals surface area contributed by atoms with Crippen molar-refractivity contribution in [3.05, 3.63) is 85.8 Å². The highest BCUT2D eigenvalue weighted by molar-refractivity contribution is 5.82. The number of alkyl halides is 3. The van der Waals surface area contributed by atoms with Gasteiger partial charge in [0.05, 0.1) is 24.1 Å². The van der Waals surface area contributed by atoms with E-state index in [9.17, 15) is 32.7 Å². The van der Waals surface area contributed by atoms with Gasteiger partial charge < -0.3 is 15.2 Å². The Morgan fingerprint density at radius 3 is 2.43 bits per heavy atom. The lowest BCUT2D eigenvalue weighted by atomic mass is 9.87. The Balaban J connectivity index is 1.59. The highest BCUT2D eigenvalue weighted by Gasteiger charge is 2.38. The maximum Gasteiger partial charge on any atom is 0.419 e.